The zero-order valence-electron chi connectivity index (χ0n) is 20.8. The van der Waals surface area contributed by atoms with Crippen LogP contribution in [0, 0.1) is 0 Å². The van der Waals surface area contributed by atoms with E-state index in [1.165, 1.54) is 0 Å². The summed E-state index contributed by atoms with van der Waals surface area (Å²) in [5.41, 5.74) is 3.55. The van der Waals surface area contributed by atoms with Crippen molar-refractivity contribution in [1.82, 2.24) is 25.6 Å². The first-order valence-electron chi connectivity index (χ1n) is 12.1. The SMILES string of the molecule is CCOC(=O)CC(NC(=O)CNC(=O)c1cccc(Nc2ncc(-c3ccccc3)[nH]2)c1)c1cccnc1. The predicted molar refractivity (Wildman–Crippen MR) is 142 cm³/mol. The Morgan fingerprint density at radius 3 is 2.61 bits per heavy atom. The molecule has 0 spiro atoms. The van der Waals surface area contributed by atoms with Crippen molar-refractivity contribution in [3.63, 3.8) is 0 Å². The fraction of sp³-hybridized carbons (Fsp3) is 0.179. The lowest BCUT2D eigenvalue weighted by molar-refractivity contribution is -0.143. The lowest BCUT2D eigenvalue weighted by Crippen LogP contribution is -2.39. The molecule has 0 aliphatic carbocycles. The quantitative estimate of drug-likeness (QED) is 0.225. The molecule has 0 fully saturated rings. The van der Waals surface area contributed by atoms with Crippen LogP contribution in [0.15, 0.2) is 85.3 Å². The Morgan fingerprint density at radius 1 is 1.00 bits per heavy atom. The number of rotatable bonds is 11. The summed E-state index contributed by atoms with van der Waals surface area (Å²) in [6, 6.07) is 19.5. The third-order valence-corrected chi connectivity index (χ3v) is 5.56. The van der Waals surface area contributed by atoms with E-state index in [-0.39, 0.29) is 19.6 Å². The number of nitrogens with one attached hydrogen (secondary N) is 4. The molecule has 2 heterocycles. The number of nitrogens with zero attached hydrogens (tertiary/aromatic N) is 2. The van der Waals surface area contributed by atoms with Crippen LogP contribution in [0.1, 0.15) is 35.3 Å². The van der Waals surface area contributed by atoms with Crippen LogP contribution in [-0.4, -0.2) is 45.9 Å². The zero-order valence-corrected chi connectivity index (χ0v) is 20.8. The molecule has 194 valence electrons. The zero-order chi connectivity index (χ0) is 26.7. The number of anilines is 2. The van der Waals surface area contributed by atoms with Gasteiger partial charge in [0.25, 0.3) is 5.91 Å². The molecule has 1 atom stereocenters. The van der Waals surface area contributed by atoms with Gasteiger partial charge >= 0.3 is 5.97 Å². The minimum absolute atomic E-state index is 0.0499. The van der Waals surface area contributed by atoms with E-state index in [0.717, 1.165) is 11.3 Å². The van der Waals surface area contributed by atoms with Gasteiger partial charge in [0.15, 0.2) is 0 Å². The Bertz CT molecular complexity index is 1370. The number of ether oxygens (including phenoxy) is 1. The van der Waals surface area contributed by atoms with Gasteiger partial charge in [0.2, 0.25) is 11.9 Å². The van der Waals surface area contributed by atoms with Crippen LogP contribution < -0.4 is 16.0 Å². The smallest absolute Gasteiger partial charge is 0.308 e. The highest BCUT2D eigenvalue weighted by Crippen LogP contribution is 2.21. The number of H-pyrrole nitrogens is 1. The number of carbonyl (C=O) groups is 3. The van der Waals surface area contributed by atoms with Crippen LogP contribution in [0.5, 0.6) is 0 Å². The number of aromatic nitrogens is 3. The van der Waals surface area contributed by atoms with Gasteiger partial charge in [-0.05, 0) is 42.3 Å². The van der Waals surface area contributed by atoms with E-state index in [9.17, 15) is 14.4 Å². The number of aromatic amines is 1. The van der Waals surface area contributed by atoms with Gasteiger partial charge in [-0.25, -0.2) is 4.98 Å². The van der Waals surface area contributed by atoms with Crippen molar-refractivity contribution in [3.05, 3.63) is 96.4 Å². The largest absolute Gasteiger partial charge is 0.466 e. The normalized spacial score (nSPS) is 11.3. The average molecular weight is 513 g/mol. The van der Waals surface area contributed by atoms with E-state index >= 15 is 0 Å². The van der Waals surface area contributed by atoms with Gasteiger partial charge in [-0.1, -0.05) is 42.5 Å². The standard InChI is InChI=1S/C28H28N6O4/c1-2-38-26(36)15-23(21-11-7-13-29-16-21)33-25(35)18-30-27(37)20-10-6-12-22(14-20)32-28-31-17-24(34-28)19-8-4-3-5-9-19/h3-14,16-17,23H,2,15,18H2,1H3,(H,30,37)(H,33,35)(H2,31,32,34). The highest BCUT2D eigenvalue weighted by Gasteiger charge is 2.20. The van der Waals surface area contributed by atoms with Gasteiger partial charge in [-0.2, -0.15) is 0 Å². The minimum Gasteiger partial charge on any atom is -0.466 e. The van der Waals surface area contributed by atoms with E-state index in [1.807, 2.05) is 36.4 Å². The van der Waals surface area contributed by atoms with E-state index in [0.29, 0.717) is 22.8 Å². The lowest BCUT2D eigenvalue weighted by Gasteiger charge is -2.18. The summed E-state index contributed by atoms with van der Waals surface area (Å²) in [6.07, 6.45) is 4.85. The van der Waals surface area contributed by atoms with E-state index < -0.39 is 23.8 Å². The summed E-state index contributed by atoms with van der Waals surface area (Å²) in [5, 5.41) is 8.54. The first kappa shape index (κ1) is 26.1. The number of amides is 2. The van der Waals surface area contributed by atoms with Crippen molar-refractivity contribution < 1.29 is 19.1 Å². The van der Waals surface area contributed by atoms with Crippen LogP contribution in [-0.2, 0) is 14.3 Å². The topological polar surface area (TPSA) is 138 Å². The van der Waals surface area contributed by atoms with Crippen molar-refractivity contribution >= 4 is 29.4 Å². The number of hydrogen-bond donors (Lipinski definition) is 4. The molecule has 1 unspecified atom stereocenters. The van der Waals surface area contributed by atoms with Crippen molar-refractivity contribution in [2.45, 2.75) is 19.4 Å². The molecule has 2 amide bonds. The number of imidazole rings is 1. The first-order chi connectivity index (χ1) is 18.5. The molecule has 0 saturated carbocycles. The number of benzene rings is 2. The lowest BCUT2D eigenvalue weighted by atomic mass is 10.1. The summed E-state index contributed by atoms with van der Waals surface area (Å²) < 4.78 is 5.02. The molecule has 4 N–H and O–H groups in total. The van der Waals surface area contributed by atoms with Gasteiger partial charge in [-0.15, -0.1) is 0 Å². The van der Waals surface area contributed by atoms with Crippen LogP contribution in [0.25, 0.3) is 11.3 Å². The molecule has 4 aromatic rings. The van der Waals surface area contributed by atoms with E-state index in [1.54, 1.807) is 55.8 Å². The molecular formula is C28H28N6O4. The van der Waals surface area contributed by atoms with Crippen molar-refractivity contribution in [2.24, 2.45) is 0 Å². The molecule has 10 nitrogen and oxygen atoms in total. The van der Waals surface area contributed by atoms with E-state index in [2.05, 4.69) is 30.9 Å². The second-order valence-electron chi connectivity index (χ2n) is 8.32. The molecule has 0 bridgehead atoms. The first-order valence-corrected chi connectivity index (χ1v) is 12.1. The predicted octanol–water partition coefficient (Wildman–Crippen LogP) is 3.76. The van der Waals surface area contributed by atoms with Gasteiger partial charge < -0.3 is 25.7 Å². The van der Waals surface area contributed by atoms with Gasteiger partial charge in [0.05, 0.1) is 37.5 Å². The minimum atomic E-state index is -0.631. The molecule has 2 aromatic carbocycles. The monoisotopic (exact) mass is 512 g/mol. The molecule has 38 heavy (non-hydrogen) atoms. The van der Waals surface area contributed by atoms with Gasteiger partial charge in [0, 0.05) is 23.6 Å². The second kappa shape index (κ2) is 12.8. The summed E-state index contributed by atoms with van der Waals surface area (Å²) in [6.45, 7) is 1.69. The number of pyridine rings is 1. The van der Waals surface area contributed by atoms with Gasteiger partial charge in [0.1, 0.15) is 0 Å². The Morgan fingerprint density at radius 2 is 1.84 bits per heavy atom. The summed E-state index contributed by atoms with van der Waals surface area (Å²) in [4.78, 5) is 49.0. The maximum Gasteiger partial charge on any atom is 0.308 e. The molecule has 0 radical (unpaired) electrons. The average Bonchev–Trinajstić information content (AvgIpc) is 3.41. The third-order valence-electron chi connectivity index (χ3n) is 5.56. The maximum atomic E-state index is 12.7. The molecule has 2 aromatic heterocycles. The molecule has 0 aliphatic rings. The van der Waals surface area contributed by atoms with Crippen LogP contribution in [0.2, 0.25) is 0 Å². The van der Waals surface area contributed by atoms with E-state index in [4.69, 9.17) is 4.74 Å². The number of hydrogen-bond acceptors (Lipinski definition) is 7. The maximum absolute atomic E-state index is 12.7. The Balaban J connectivity index is 1.34. The van der Waals surface area contributed by atoms with Crippen molar-refractivity contribution in [2.75, 3.05) is 18.5 Å². The number of esters is 1. The highest BCUT2D eigenvalue weighted by molar-refractivity contribution is 5.97. The molecule has 0 aliphatic heterocycles. The molecule has 10 heteroatoms. The molecule has 4 rings (SSSR count). The summed E-state index contributed by atoms with van der Waals surface area (Å²) in [7, 11) is 0. The van der Waals surface area contributed by atoms with Crippen LogP contribution in [0.4, 0.5) is 11.6 Å². The Hall–Kier alpha value is -4.99. The Kier molecular flexibility index (Phi) is 8.80. The number of carbonyl (C=O) groups excluding carboxylic acids is 3. The van der Waals surface area contributed by atoms with Crippen molar-refractivity contribution in [3.8, 4) is 11.3 Å². The molecule has 0 saturated heterocycles. The van der Waals surface area contributed by atoms with Crippen LogP contribution >= 0.6 is 0 Å². The van der Waals surface area contributed by atoms with Crippen molar-refractivity contribution in [1.29, 1.82) is 0 Å². The van der Waals surface area contributed by atoms with Gasteiger partial charge in [-0.3, -0.25) is 19.4 Å². The fourth-order valence-corrected chi connectivity index (χ4v) is 3.75. The summed E-state index contributed by atoms with van der Waals surface area (Å²) in [5.74, 6) is -0.780. The fourth-order valence-electron chi connectivity index (χ4n) is 3.75. The Labute approximate surface area is 219 Å². The second-order valence-corrected chi connectivity index (χ2v) is 8.32. The molecular weight excluding hydrogens is 484 g/mol. The van der Waals surface area contributed by atoms with Crippen LogP contribution in [0.3, 0.4) is 0 Å². The third kappa shape index (κ3) is 7.26. The highest BCUT2D eigenvalue weighted by atomic mass is 16.5. The summed E-state index contributed by atoms with van der Waals surface area (Å²) >= 11 is 0.